The van der Waals surface area contributed by atoms with Crippen molar-refractivity contribution in [3.05, 3.63) is 76.6 Å². The van der Waals surface area contributed by atoms with E-state index in [9.17, 15) is 9.59 Å². The number of hydrogen-bond donors (Lipinski definition) is 1. The number of amides is 1. The van der Waals surface area contributed by atoms with Crippen LogP contribution in [0.3, 0.4) is 0 Å². The Kier molecular flexibility index (Phi) is 6.22. The largest absolute Gasteiger partial charge is 0.494 e. The molecule has 6 heteroatoms. The standard InChI is InChI=1S/C22H23N3O3/c1-3-4-15-28-19-11-7-17(8-12-19)22(27)23-18-9-5-16(6-10-18)20-13-14-21(26)25(2)24-20/h5-14H,3-4,15H2,1-2H3,(H,23,27). The molecule has 0 aliphatic carbocycles. The van der Waals surface area contributed by atoms with E-state index in [2.05, 4.69) is 17.3 Å². The number of hydrogen-bond acceptors (Lipinski definition) is 4. The molecule has 0 unspecified atom stereocenters. The molecule has 144 valence electrons. The molecule has 0 aliphatic rings. The number of nitrogens with zero attached hydrogens (tertiary/aromatic N) is 2. The summed E-state index contributed by atoms with van der Waals surface area (Å²) >= 11 is 0. The first-order valence-corrected chi connectivity index (χ1v) is 9.26. The van der Waals surface area contributed by atoms with Gasteiger partial charge in [0.25, 0.3) is 11.5 Å². The first-order chi connectivity index (χ1) is 13.6. The highest BCUT2D eigenvalue weighted by molar-refractivity contribution is 6.04. The summed E-state index contributed by atoms with van der Waals surface area (Å²) in [5.74, 6) is 0.576. The summed E-state index contributed by atoms with van der Waals surface area (Å²) < 4.78 is 6.90. The number of anilines is 1. The van der Waals surface area contributed by atoms with E-state index in [1.165, 1.54) is 10.7 Å². The minimum atomic E-state index is -0.187. The Bertz CT molecular complexity index is 993. The Balaban J connectivity index is 1.64. The molecular weight excluding hydrogens is 354 g/mol. The third-order valence-electron chi connectivity index (χ3n) is 4.28. The second-order valence-electron chi connectivity index (χ2n) is 6.44. The molecule has 28 heavy (non-hydrogen) atoms. The molecule has 2 aromatic carbocycles. The smallest absolute Gasteiger partial charge is 0.266 e. The van der Waals surface area contributed by atoms with E-state index in [0.29, 0.717) is 23.6 Å². The lowest BCUT2D eigenvalue weighted by atomic mass is 10.1. The molecule has 0 spiro atoms. The van der Waals surface area contributed by atoms with Crippen molar-refractivity contribution < 1.29 is 9.53 Å². The molecule has 1 aromatic heterocycles. The Morgan fingerprint density at radius 2 is 1.75 bits per heavy atom. The van der Waals surface area contributed by atoms with Gasteiger partial charge in [-0.3, -0.25) is 9.59 Å². The van der Waals surface area contributed by atoms with Gasteiger partial charge in [0, 0.05) is 29.9 Å². The summed E-state index contributed by atoms with van der Waals surface area (Å²) in [6.07, 6.45) is 2.09. The van der Waals surface area contributed by atoms with Gasteiger partial charge in [-0.2, -0.15) is 5.10 Å². The van der Waals surface area contributed by atoms with Crippen molar-refractivity contribution in [2.24, 2.45) is 7.05 Å². The molecule has 0 bridgehead atoms. The fourth-order valence-electron chi connectivity index (χ4n) is 2.62. The average molecular weight is 377 g/mol. The van der Waals surface area contributed by atoms with Crippen LogP contribution in [0.25, 0.3) is 11.3 Å². The molecule has 0 aliphatic heterocycles. The number of rotatable bonds is 7. The zero-order valence-electron chi connectivity index (χ0n) is 16.0. The molecule has 0 saturated carbocycles. The van der Waals surface area contributed by atoms with E-state index in [-0.39, 0.29) is 11.5 Å². The van der Waals surface area contributed by atoms with E-state index >= 15 is 0 Å². The van der Waals surface area contributed by atoms with Crippen LogP contribution >= 0.6 is 0 Å². The summed E-state index contributed by atoms with van der Waals surface area (Å²) in [5, 5.41) is 7.09. The van der Waals surface area contributed by atoms with Crippen LogP contribution in [-0.2, 0) is 7.05 Å². The highest BCUT2D eigenvalue weighted by atomic mass is 16.5. The van der Waals surface area contributed by atoms with Gasteiger partial charge >= 0.3 is 0 Å². The third-order valence-corrected chi connectivity index (χ3v) is 4.28. The van der Waals surface area contributed by atoms with E-state index in [4.69, 9.17) is 4.74 Å². The van der Waals surface area contributed by atoms with Gasteiger partial charge in [0.15, 0.2) is 0 Å². The van der Waals surface area contributed by atoms with Gasteiger partial charge in [-0.25, -0.2) is 4.68 Å². The van der Waals surface area contributed by atoms with Crippen molar-refractivity contribution >= 4 is 11.6 Å². The molecule has 6 nitrogen and oxygen atoms in total. The molecule has 0 atom stereocenters. The number of carbonyl (C=O) groups excluding carboxylic acids is 1. The topological polar surface area (TPSA) is 73.2 Å². The van der Waals surface area contributed by atoms with Gasteiger partial charge in [0.05, 0.1) is 12.3 Å². The van der Waals surface area contributed by atoms with Gasteiger partial charge < -0.3 is 10.1 Å². The van der Waals surface area contributed by atoms with Crippen LogP contribution in [0.2, 0.25) is 0 Å². The summed E-state index contributed by atoms with van der Waals surface area (Å²) in [4.78, 5) is 23.9. The van der Waals surface area contributed by atoms with Crippen molar-refractivity contribution in [3.63, 3.8) is 0 Å². The van der Waals surface area contributed by atoms with Crippen LogP contribution in [0.15, 0.2) is 65.5 Å². The molecule has 0 fully saturated rings. The Labute approximate surface area is 163 Å². The number of aryl methyl sites for hydroxylation is 1. The zero-order valence-corrected chi connectivity index (χ0v) is 16.0. The second-order valence-corrected chi connectivity index (χ2v) is 6.44. The molecule has 1 N–H and O–H groups in total. The first kappa shape index (κ1) is 19.4. The van der Waals surface area contributed by atoms with Crippen LogP contribution < -0.4 is 15.6 Å². The number of unbranched alkanes of at least 4 members (excludes halogenated alkanes) is 1. The zero-order chi connectivity index (χ0) is 19.9. The fraction of sp³-hybridized carbons (Fsp3) is 0.227. The van der Waals surface area contributed by atoms with Crippen LogP contribution in [0.5, 0.6) is 5.75 Å². The molecular formula is C22H23N3O3. The first-order valence-electron chi connectivity index (χ1n) is 9.26. The molecule has 1 heterocycles. The summed E-state index contributed by atoms with van der Waals surface area (Å²) in [6.45, 7) is 2.79. The average Bonchev–Trinajstić information content (AvgIpc) is 2.71. The molecule has 1 amide bonds. The van der Waals surface area contributed by atoms with Gasteiger partial charge in [0.2, 0.25) is 0 Å². The van der Waals surface area contributed by atoms with Crippen LogP contribution in [0.4, 0.5) is 5.69 Å². The van der Waals surface area contributed by atoms with Crippen molar-refractivity contribution in [2.45, 2.75) is 19.8 Å². The predicted octanol–water partition coefficient (Wildman–Crippen LogP) is 3.88. The van der Waals surface area contributed by atoms with E-state index in [0.717, 1.165) is 24.2 Å². The van der Waals surface area contributed by atoms with Crippen molar-refractivity contribution in [1.82, 2.24) is 9.78 Å². The lowest BCUT2D eigenvalue weighted by Gasteiger charge is -2.08. The molecule has 3 rings (SSSR count). The van der Waals surface area contributed by atoms with E-state index < -0.39 is 0 Å². The summed E-state index contributed by atoms with van der Waals surface area (Å²) in [5.41, 5.74) is 2.64. The quantitative estimate of drug-likeness (QED) is 0.634. The van der Waals surface area contributed by atoms with Crippen molar-refractivity contribution in [1.29, 1.82) is 0 Å². The minimum Gasteiger partial charge on any atom is -0.494 e. The predicted molar refractivity (Wildman–Crippen MR) is 110 cm³/mol. The Morgan fingerprint density at radius 1 is 1.04 bits per heavy atom. The van der Waals surface area contributed by atoms with Crippen LogP contribution in [0.1, 0.15) is 30.1 Å². The van der Waals surface area contributed by atoms with Gasteiger partial charge in [-0.15, -0.1) is 0 Å². The van der Waals surface area contributed by atoms with Crippen LogP contribution in [-0.4, -0.2) is 22.3 Å². The Morgan fingerprint density at radius 3 is 2.39 bits per heavy atom. The van der Waals surface area contributed by atoms with E-state index in [1.54, 1.807) is 37.4 Å². The molecule has 0 saturated heterocycles. The normalized spacial score (nSPS) is 10.5. The highest BCUT2D eigenvalue weighted by Gasteiger charge is 2.07. The van der Waals surface area contributed by atoms with Gasteiger partial charge in [-0.05, 0) is 48.9 Å². The van der Waals surface area contributed by atoms with Crippen molar-refractivity contribution in [2.75, 3.05) is 11.9 Å². The Hall–Kier alpha value is -3.41. The van der Waals surface area contributed by atoms with Gasteiger partial charge in [0.1, 0.15) is 5.75 Å². The van der Waals surface area contributed by atoms with E-state index in [1.807, 2.05) is 24.3 Å². The number of nitrogens with one attached hydrogen (secondary N) is 1. The molecule has 0 radical (unpaired) electrons. The SMILES string of the molecule is CCCCOc1ccc(C(=O)Nc2ccc(-c3ccc(=O)n(C)n3)cc2)cc1. The summed E-state index contributed by atoms with van der Waals surface area (Å²) in [7, 11) is 1.61. The number of carbonyl (C=O) groups is 1. The number of ether oxygens (including phenoxy) is 1. The fourth-order valence-corrected chi connectivity index (χ4v) is 2.62. The lowest BCUT2D eigenvalue weighted by molar-refractivity contribution is 0.102. The van der Waals surface area contributed by atoms with Crippen LogP contribution in [0, 0.1) is 0 Å². The molecule has 3 aromatic rings. The van der Waals surface area contributed by atoms with Gasteiger partial charge in [-0.1, -0.05) is 25.5 Å². The maximum Gasteiger partial charge on any atom is 0.266 e. The second kappa shape index (κ2) is 8.99. The summed E-state index contributed by atoms with van der Waals surface area (Å²) in [6, 6.07) is 17.6. The van der Waals surface area contributed by atoms with Crippen molar-refractivity contribution in [3.8, 4) is 17.0 Å². The number of benzene rings is 2. The lowest BCUT2D eigenvalue weighted by Crippen LogP contribution is -2.18. The number of aromatic nitrogens is 2. The maximum absolute atomic E-state index is 12.4. The third kappa shape index (κ3) is 4.85. The maximum atomic E-state index is 12.4. The monoisotopic (exact) mass is 377 g/mol. The minimum absolute atomic E-state index is 0.158. The highest BCUT2D eigenvalue weighted by Crippen LogP contribution is 2.19.